The molecule has 0 unspecified atom stereocenters. The van der Waals surface area contributed by atoms with E-state index in [0.29, 0.717) is 54.7 Å². The Labute approximate surface area is 249 Å². The highest BCUT2D eigenvalue weighted by Crippen LogP contribution is 2.34. The number of anilines is 2. The summed E-state index contributed by atoms with van der Waals surface area (Å²) in [5.74, 6) is 1.01. The van der Waals surface area contributed by atoms with Crippen LogP contribution in [0.3, 0.4) is 0 Å². The Morgan fingerprint density at radius 2 is 1.80 bits per heavy atom. The number of imidazole rings is 1. The largest absolute Gasteiger partial charge is 0.490 e. The first-order valence-electron chi connectivity index (χ1n) is 13.9. The molecule has 1 aliphatic heterocycles. The van der Waals surface area contributed by atoms with Gasteiger partial charge in [0.1, 0.15) is 30.2 Å². The molecule has 1 N–H and O–H groups in total. The van der Waals surface area contributed by atoms with E-state index in [9.17, 15) is 17.6 Å². The smallest absolute Gasteiger partial charge is 0.282 e. The third kappa shape index (κ3) is 6.19. The number of morpholine rings is 1. The Balaban J connectivity index is 1.38. The van der Waals surface area contributed by atoms with E-state index in [4.69, 9.17) is 9.47 Å². The zero-order valence-corrected chi connectivity index (χ0v) is 23.9. The van der Waals surface area contributed by atoms with Gasteiger partial charge in [0.2, 0.25) is 0 Å². The third-order valence-corrected chi connectivity index (χ3v) is 7.18. The van der Waals surface area contributed by atoms with Gasteiger partial charge in [-0.3, -0.25) is 9.47 Å². The number of nitrogens with zero attached hydrogens (tertiary/aromatic N) is 8. The zero-order chi connectivity index (χ0) is 30.8. The van der Waals surface area contributed by atoms with Gasteiger partial charge in [-0.2, -0.15) is 10.2 Å². The van der Waals surface area contributed by atoms with Crippen molar-refractivity contribution in [1.82, 2.24) is 39.4 Å². The lowest BCUT2D eigenvalue weighted by Gasteiger charge is -2.26. The molecule has 5 heterocycles. The summed E-state index contributed by atoms with van der Waals surface area (Å²) in [7, 11) is 0. The number of rotatable bonds is 10. The van der Waals surface area contributed by atoms with Crippen LogP contribution in [-0.4, -0.2) is 78.9 Å². The second-order valence-corrected chi connectivity index (χ2v) is 10.2. The topological polar surface area (TPSA) is 108 Å². The van der Waals surface area contributed by atoms with E-state index >= 15 is 0 Å². The number of halogens is 4. The van der Waals surface area contributed by atoms with E-state index in [2.05, 4.69) is 35.5 Å². The van der Waals surface area contributed by atoms with Gasteiger partial charge >= 0.3 is 0 Å². The van der Waals surface area contributed by atoms with E-state index in [-0.39, 0.29) is 17.3 Å². The second kappa shape index (κ2) is 12.5. The average Bonchev–Trinajstić information content (AvgIpc) is 3.61. The molecule has 0 atom stereocenters. The molecule has 1 aromatic carbocycles. The van der Waals surface area contributed by atoms with Crippen LogP contribution >= 0.6 is 0 Å². The number of alkyl halides is 4. The fraction of sp³-hybridized carbons (Fsp3) is 0.345. The third-order valence-electron chi connectivity index (χ3n) is 7.18. The molecule has 0 aliphatic carbocycles. The fourth-order valence-corrected chi connectivity index (χ4v) is 4.89. The first kappa shape index (κ1) is 29.4. The van der Waals surface area contributed by atoms with Crippen LogP contribution in [0.25, 0.3) is 22.7 Å². The van der Waals surface area contributed by atoms with Gasteiger partial charge in [0.25, 0.3) is 12.9 Å². The van der Waals surface area contributed by atoms with Crippen molar-refractivity contribution in [2.45, 2.75) is 26.7 Å². The SMILES string of the molecule is Cc1ccc(Nc2cc3ncn(-c4ccc(C(F)F)c(-n5nc(C(F)F)cc5C)n4)c3cc2OCCN2CCOCC2)nn1. The maximum atomic E-state index is 14.0. The molecule has 5 aromatic rings. The summed E-state index contributed by atoms with van der Waals surface area (Å²) in [4.78, 5) is 11.2. The average molecular weight is 612 g/mol. The molecule has 44 heavy (non-hydrogen) atoms. The van der Waals surface area contributed by atoms with Crippen molar-refractivity contribution in [2.75, 3.05) is 44.8 Å². The fourth-order valence-electron chi connectivity index (χ4n) is 4.89. The minimum absolute atomic E-state index is 0.241. The van der Waals surface area contributed by atoms with Crippen molar-refractivity contribution >= 4 is 22.5 Å². The zero-order valence-electron chi connectivity index (χ0n) is 23.9. The highest BCUT2D eigenvalue weighted by Gasteiger charge is 2.23. The van der Waals surface area contributed by atoms with Gasteiger partial charge < -0.3 is 14.8 Å². The van der Waals surface area contributed by atoms with Crippen molar-refractivity contribution in [2.24, 2.45) is 0 Å². The molecular weight excluding hydrogens is 582 g/mol. The van der Waals surface area contributed by atoms with Crippen LogP contribution in [0.2, 0.25) is 0 Å². The van der Waals surface area contributed by atoms with E-state index in [1.807, 2.05) is 13.0 Å². The number of ether oxygens (including phenoxy) is 2. The molecular formula is C29H29F4N9O2. The van der Waals surface area contributed by atoms with Gasteiger partial charge in [-0.1, -0.05) is 0 Å². The maximum Gasteiger partial charge on any atom is 0.282 e. The van der Waals surface area contributed by atoms with Crippen molar-refractivity contribution < 1.29 is 27.0 Å². The molecule has 0 bridgehead atoms. The predicted octanol–water partition coefficient (Wildman–Crippen LogP) is 5.34. The van der Waals surface area contributed by atoms with Gasteiger partial charge in [0, 0.05) is 31.4 Å². The molecule has 11 nitrogen and oxygen atoms in total. The highest BCUT2D eigenvalue weighted by molar-refractivity contribution is 5.86. The molecule has 1 fully saturated rings. The molecule has 1 aliphatic rings. The number of nitrogens with one attached hydrogen (secondary N) is 1. The molecule has 0 amide bonds. The van der Waals surface area contributed by atoms with Crippen LogP contribution < -0.4 is 10.1 Å². The van der Waals surface area contributed by atoms with Crippen LogP contribution in [0.4, 0.5) is 29.1 Å². The van der Waals surface area contributed by atoms with Crippen molar-refractivity contribution in [3.8, 4) is 17.4 Å². The van der Waals surface area contributed by atoms with E-state index in [0.717, 1.165) is 29.5 Å². The standard InChI is InChI=1S/C29H29F4N9O2/c1-17-3-5-25(38-37-17)35-21-14-20-23(15-24(21)44-12-9-40-7-10-43-11-8-40)41(16-34-20)26-6-4-19(27(30)31)29(36-26)42-18(2)13-22(39-42)28(32)33/h3-6,13-16,27-28H,7-12H2,1-2H3,(H,35,38). The minimum atomic E-state index is -2.91. The Kier molecular flexibility index (Phi) is 8.39. The van der Waals surface area contributed by atoms with Gasteiger partial charge in [-0.05, 0) is 50.2 Å². The van der Waals surface area contributed by atoms with Gasteiger partial charge in [0.05, 0.1) is 41.2 Å². The van der Waals surface area contributed by atoms with Crippen LogP contribution in [0.15, 0.2) is 48.8 Å². The Bertz CT molecular complexity index is 1750. The lowest BCUT2D eigenvalue weighted by atomic mass is 10.2. The van der Waals surface area contributed by atoms with E-state index in [1.165, 1.54) is 25.4 Å². The summed E-state index contributed by atoms with van der Waals surface area (Å²) < 4.78 is 69.0. The number of hydrogen-bond donors (Lipinski definition) is 1. The monoisotopic (exact) mass is 611 g/mol. The summed E-state index contributed by atoms with van der Waals surface area (Å²) in [6.45, 7) is 7.40. The summed E-state index contributed by atoms with van der Waals surface area (Å²) in [5.41, 5.74) is 1.80. The van der Waals surface area contributed by atoms with Crippen LogP contribution in [0.1, 0.15) is 35.5 Å². The normalized spacial score (nSPS) is 14.2. The van der Waals surface area contributed by atoms with Crippen LogP contribution in [0.5, 0.6) is 5.75 Å². The molecule has 0 radical (unpaired) electrons. The number of fused-ring (bicyclic) bond motifs is 1. The summed E-state index contributed by atoms with van der Waals surface area (Å²) in [6, 6.07) is 11.0. The minimum Gasteiger partial charge on any atom is -0.490 e. The van der Waals surface area contributed by atoms with Crippen molar-refractivity contribution in [3.63, 3.8) is 0 Å². The van der Waals surface area contributed by atoms with Gasteiger partial charge in [-0.15, -0.1) is 5.10 Å². The number of pyridine rings is 1. The van der Waals surface area contributed by atoms with Crippen LogP contribution in [0, 0.1) is 13.8 Å². The summed E-state index contributed by atoms with van der Waals surface area (Å²) in [5, 5.41) is 15.4. The molecule has 230 valence electrons. The lowest BCUT2D eigenvalue weighted by molar-refractivity contribution is 0.0323. The molecule has 0 spiro atoms. The number of aryl methyl sites for hydroxylation is 2. The number of hydrogen-bond acceptors (Lipinski definition) is 9. The molecule has 0 saturated carbocycles. The Morgan fingerprint density at radius 1 is 0.977 bits per heavy atom. The summed E-state index contributed by atoms with van der Waals surface area (Å²) >= 11 is 0. The Hall–Kier alpha value is -4.63. The molecule has 1 saturated heterocycles. The lowest BCUT2D eigenvalue weighted by Crippen LogP contribution is -2.38. The quantitative estimate of drug-likeness (QED) is 0.209. The second-order valence-electron chi connectivity index (χ2n) is 10.2. The first-order valence-corrected chi connectivity index (χ1v) is 13.9. The number of benzene rings is 1. The Morgan fingerprint density at radius 3 is 2.50 bits per heavy atom. The van der Waals surface area contributed by atoms with Gasteiger partial charge in [0.15, 0.2) is 11.6 Å². The molecule has 6 rings (SSSR count). The predicted molar refractivity (Wildman–Crippen MR) is 153 cm³/mol. The molecule has 4 aromatic heterocycles. The maximum absolute atomic E-state index is 14.0. The number of aromatic nitrogens is 7. The van der Waals surface area contributed by atoms with Crippen molar-refractivity contribution in [3.05, 3.63) is 71.4 Å². The summed E-state index contributed by atoms with van der Waals surface area (Å²) in [6.07, 6.45) is -4.26. The van der Waals surface area contributed by atoms with E-state index in [1.54, 1.807) is 22.8 Å². The van der Waals surface area contributed by atoms with E-state index < -0.39 is 24.1 Å². The highest BCUT2D eigenvalue weighted by atomic mass is 19.3. The van der Waals surface area contributed by atoms with Crippen molar-refractivity contribution in [1.29, 1.82) is 0 Å². The van der Waals surface area contributed by atoms with Gasteiger partial charge in [-0.25, -0.2) is 32.2 Å². The molecule has 15 heteroatoms. The van der Waals surface area contributed by atoms with Crippen LogP contribution in [-0.2, 0) is 4.74 Å². The first-order chi connectivity index (χ1) is 21.3.